The van der Waals surface area contributed by atoms with Crippen molar-refractivity contribution in [3.63, 3.8) is 0 Å². The van der Waals surface area contributed by atoms with Crippen LogP contribution in [0.5, 0.6) is 0 Å². The van der Waals surface area contributed by atoms with Crippen molar-refractivity contribution in [1.82, 2.24) is 4.90 Å². The second-order valence-corrected chi connectivity index (χ2v) is 5.09. The van der Waals surface area contributed by atoms with Gasteiger partial charge in [0.05, 0.1) is 6.07 Å². The van der Waals surface area contributed by atoms with Gasteiger partial charge in [-0.1, -0.05) is 11.6 Å². The predicted molar refractivity (Wildman–Crippen MR) is 70.4 cm³/mol. The fraction of sp³-hybridized carbons (Fsp3) is 0.429. The van der Waals surface area contributed by atoms with Crippen molar-refractivity contribution >= 4 is 17.5 Å². The smallest absolute Gasteiger partial charge is 0.254 e. The van der Waals surface area contributed by atoms with Gasteiger partial charge in [-0.05, 0) is 43.5 Å². The van der Waals surface area contributed by atoms with Gasteiger partial charge in [-0.25, -0.2) is 0 Å². The SMILES string of the molecule is Cc1cc(Cl)ccc1C(=O)N1CCC(C#N)CC1. The molecule has 1 saturated heterocycles. The number of benzene rings is 1. The number of hydrogen-bond acceptors (Lipinski definition) is 2. The first-order valence-corrected chi connectivity index (χ1v) is 6.44. The maximum atomic E-state index is 12.3. The molecule has 3 nitrogen and oxygen atoms in total. The summed E-state index contributed by atoms with van der Waals surface area (Å²) in [7, 11) is 0. The van der Waals surface area contributed by atoms with E-state index in [1.54, 1.807) is 18.2 Å². The Morgan fingerprint density at radius 3 is 2.67 bits per heavy atom. The van der Waals surface area contributed by atoms with Gasteiger partial charge in [0.25, 0.3) is 5.91 Å². The molecule has 1 heterocycles. The van der Waals surface area contributed by atoms with Crippen LogP contribution in [0.2, 0.25) is 5.02 Å². The van der Waals surface area contributed by atoms with E-state index in [1.165, 1.54) is 0 Å². The number of carbonyl (C=O) groups is 1. The van der Waals surface area contributed by atoms with Gasteiger partial charge in [0.15, 0.2) is 0 Å². The van der Waals surface area contributed by atoms with Gasteiger partial charge in [-0.15, -0.1) is 0 Å². The van der Waals surface area contributed by atoms with Gasteiger partial charge in [-0.2, -0.15) is 5.26 Å². The Hall–Kier alpha value is -1.53. The van der Waals surface area contributed by atoms with E-state index < -0.39 is 0 Å². The summed E-state index contributed by atoms with van der Waals surface area (Å²) < 4.78 is 0. The number of likely N-dealkylation sites (tertiary alicyclic amines) is 1. The molecule has 4 heteroatoms. The lowest BCUT2D eigenvalue weighted by Gasteiger charge is -2.29. The topological polar surface area (TPSA) is 44.1 Å². The minimum atomic E-state index is 0.0422. The maximum Gasteiger partial charge on any atom is 0.254 e. The highest BCUT2D eigenvalue weighted by molar-refractivity contribution is 6.30. The first-order valence-electron chi connectivity index (χ1n) is 6.07. The molecular formula is C14H15ClN2O. The average molecular weight is 263 g/mol. The van der Waals surface area contributed by atoms with Crippen LogP contribution in [0, 0.1) is 24.2 Å². The molecule has 0 spiro atoms. The minimum Gasteiger partial charge on any atom is -0.339 e. The molecule has 2 rings (SSSR count). The van der Waals surface area contributed by atoms with E-state index in [9.17, 15) is 4.79 Å². The third kappa shape index (κ3) is 2.65. The van der Waals surface area contributed by atoms with Gasteiger partial charge in [0.2, 0.25) is 0 Å². The van der Waals surface area contributed by atoms with E-state index in [-0.39, 0.29) is 11.8 Å². The van der Waals surface area contributed by atoms with Crippen molar-refractivity contribution in [3.8, 4) is 6.07 Å². The van der Waals surface area contributed by atoms with Crippen molar-refractivity contribution in [2.45, 2.75) is 19.8 Å². The molecule has 0 N–H and O–H groups in total. The average Bonchev–Trinajstić information content (AvgIpc) is 2.38. The number of nitrogens with zero attached hydrogens (tertiary/aromatic N) is 2. The number of amides is 1. The van der Waals surface area contributed by atoms with Crippen molar-refractivity contribution < 1.29 is 4.79 Å². The van der Waals surface area contributed by atoms with Crippen molar-refractivity contribution in [1.29, 1.82) is 5.26 Å². The largest absolute Gasteiger partial charge is 0.339 e. The Morgan fingerprint density at radius 2 is 2.11 bits per heavy atom. The highest BCUT2D eigenvalue weighted by Crippen LogP contribution is 2.21. The number of nitriles is 1. The van der Waals surface area contributed by atoms with Gasteiger partial charge in [0.1, 0.15) is 0 Å². The Balaban J connectivity index is 2.11. The van der Waals surface area contributed by atoms with Crippen LogP contribution in [-0.4, -0.2) is 23.9 Å². The summed E-state index contributed by atoms with van der Waals surface area (Å²) in [5.74, 6) is 0.140. The van der Waals surface area contributed by atoms with Crippen LogP contribution in [0.3, 0.4) is 0 Å². The molecule has 0 atom stereocenters. The van der Waals surface area contributed by atoms with Gasteiger partial charge in [-0.3, -0.25) is 4.79 Å². The lowest BCUT2D eigenvalue weighted by molar-refractivity contribution is 0.0706. The fourth-order valence-corrected chi connectivity index (χ4v) is 2.48. The van der Waals surface area contributed by atoms with Gasteiger partial charge >= 0.3 is 0 Å². The van der Waals surface area contributed by atoms with Crippen molar-refractivity contribution in [2.75, 3.05) is 13.1 Å². The summed E-state index contributed by atoms with van der Waals surface area (Å²) in [6.07, 6.45) is 1.55. The monoisotopic (exact) mass is 262 g/mol. The molecule has 1 aliphatic rings. The molecule has 1 amide bonds. The van der Waals surface area contributed by atoms with Crippen molar-refractivity contribution in [2.24, 2.45) is 5.92 Å². The van der Waals surface area contributed by atoms with E-state index in [0.29, 0.717) is 23.7 Å². The summed E-state index contributed by atoms with van der Waals surface area (Å²) in [4.78, 5) is 14.2. The molecule has 1 aliphatic heterocycles. The number of piperidine rings is 1. The predicted octanol–water partition coefficient (Wildman–Crippen LogP) is 3.02. The molecule has 1 fully saturated rings. The molecule has 0 unspecified atom stereocenters. The maximum absolute atomic E-state index is 12.3. The molecule has 94 valence electrons. The van der Waals surface area contributed by atoms with E-state index in [1.807, 2.05) is 11.8 Å². The molecule has 1 aromatic carbocycles. The summed E-state index contributed by atoms with van der Waals surface area (Å²) in [5.41, 5.74) is 1.60. The zero-order valence-electron chi connectivity index (χ0n) is 10.3. The van der Waals surface area contributed by atoms with E-state index in [0.717, 1.165) is 18.4 Å². The van der Waals surface area contributed by atoms with Crippen LogP contribution in [0.25, 0.3) is 0 Å². The van der Waals surface area contributed by atoms with Crippen LogP contribution < -0.4 is 0 Å². The van der Waals surface area contributed by atoms with Crippen LogP contribution >= 0.6 is 11.6 Å². The summed E-state index contributed by atoms with van der Waals surface area (Å²) in [6, 6.07) is 7.58. The first kappa shape index (κ1) is 12.9. The van der Waals surface area contributed by atoms with Crippen LogP contribution in [0.1, 0.15) is 28.8 Å². The fourth-order valence-electron chi connectivity index (χ4n) is 2.25. The molecule has 0 saturated carbocycles. The Labute approximate surface area is 112 Å². The zero-order valence-corrected chi connectivity index (χ0v) is 11.1. The Morgan fingerprint density at radius 1 is 1.44 bits per heavy atom. The summed E-state index contributed by atoms with van der Waals surface area (Å²) in [6.45, 7) is 3.22. The molecule has 0 aliphatic carbocycles. The molecule has 0 bridgehead atoms. The van der Waals surface area contributed by atoms with E-state index in [2.05, 4.69) is 6.07 Å². The standard InChI is InChI=1S/C14H15ClN2O/c1-10-8-12(15)2-3-13(10)14(18)17-6-4-11(9-16)5-7-17/h2-3,8,11H,4-7H2,1H3. The molecule has 0 aromatic heterocycles. The van der Waals surface area contributed by atoms with Crippen LogP contribution in [-0.2, 0) is 0 Å². The second-order valence-electron chi connectivity index (χ2n) is 4.65. The lowest BCUT2D eigenvalue weighted by atomic mass is 9.97. The molecule has 0 radical (unpaired) electrons. The zero-order chi connectivity index (χ0) is 13.1. The quantitative estimate of drug-likeness (QED) is 0.781. The Bertz CT molecular complexity index is 499. The van der Waals surface area contributed by atoms with E-state index in [4.69, 9.17) is 16.9 Å². The number of hydrogen-bond donors (Lipinski definition) is 0. The molecule has 18 heavy (non-hydrogen) atoms. The van der Waals surface area contributed by atoms with Crippen LogP contribution in [0.15, 0.2) is 18.2 Å². The Kier molecular flexibility index (Phi) is 3.88. The van der Waals surface area contributed by atoms with Crippen molar-refractivity contribution in [3.05, 3.63) is 34.3 Å². The van der Waals surface area contributed by atoms with Crippen LogP contribution in [0.4, 0.5) is 0 Å². The highest BCUT2D eigenvalue weighted by atomic mass is 35.5. The lowest BCUT2D eigenvalue weighted by Crippen LogP contribution is -2.38. The summed E-state index contributed by atoms with van der Waals surface area (Å²) >= 11 is 5.88. The normalized spacial score (nSPS) is 16.4. The van der Waals surface area contributed by atoms with E-state index >= 15 is 0 Å². The number of rotatable bonds is 1. The number of carbonyl (C=O) groups excluding carboxylic acids is 1. The molecular weight excluding hydrogens is 248 g/mol. The number of aryl methyl sites for hydroxylation is 1. The third-order valence-electron chi connectivity index (χ3n) is 3.38. The summed E-state index contributed by atoms with van der Waals surface area (Å²) in [5, 5.41) is 9.49. The van der Waals surface area contributed by atoms with Gasteiger partial charge < -0.3 is 4.90 Å². The number of halogens is 1. The minimum absolute atomic E-state index is 0.0422. The molecule has 1 aromatic rings. The third-order valence-corrected chi connectivity index (χ3v) is 3.62. The van der Waals surface area contributed by atoms with Gasteiger partial charge in [0, 0.05) is 29.6 Å². The first-order chi connectivity index (χ1) is 8.61. The highest BCUT2D eigenvalue weighted by Gasteiger charge is 2.24. The second kappa shape index (κ2) is 5.41.